The molecule has 0 bridgehead atoms. The standard InChI is InChI=1S/C28H29FN2OS2/c1-28(2,3)19-10-13-21-23(16-19)31-27(22(17-30)26(21)25-7-5-14-33-25)34-15-4-6-24(32)18-8-11-20(29)12-9-18/h5,7-9,11-12,14,19H,4,6,10,13,15-16H2,1-3H3/t19-/m0/s1. The summed E-state index contributed by atoms with van der Waals surface area (Å²) >= 11 is 3.23. The first kappa shape index (κ1) is 24.6. The van der Waals surface area contributed by atoms with Crippen molar-refractivity contribution in [1.29, 1.82) is 5.26 Å². The average molecular weight is 493 g/mol. The maximum Gasteiger partial charge on any atom is 0.162 e. The SMILES string of the molecule is CC(C)(C)[C@H]1CCc2c(nc(SCCCC(=O)c3ccc(F)cc3)c(C#N)c2-c2cccs2)C1. The minimum atomic E-state index is -0.343. The molecule has 3 aromatic rings. The van der Waals surface area contributed by atoms with Crippen molar-refractivity contribution in [3.05, 3.63) is 70.0 Å². The van der Waals surface area contributed by atoms with E-state index in [1.54, 1.807) is 23.1 Å². The number of carbonyl (C=O) groups is 1. The van der Waals surface area contributed by atoms with Crippen molar-refractivity contribution in [3.63, 3.8) is 0 Å². The molecule has 1 atom stereocenters. The first-order valence-corrected chi connectivity index (χ1v) is 13.6. The van der Waals surface area contributed by atoms with Crippen LogP contribution in [0.5, 0.6) is 0 Å². The fourth-order valence-corrected chi connectivity index (χ4v) is 6.31. The number of hydrogen-bond acceptors (Lipinski definition) is 5. The summed E-state index contributed by atoms with van der Waals surface area (Å²) in [5, 5.41) is 12.9. The van der Waals surface area contributed by atoms with Gasteiger partial charge in [0.05, 0.1) is 5.56 Å². The Labute approximate surface area is 209 Å². The van der Waals surface area contributed by atoms with Crippen LogP contribution in [0.4, 0.5) is 4.39 Å². The van der Waals surface area contributed by atoms with Gasteiger partial charge >= 0.3 is 0 Å². The molecule has 1 aromatic carbocycles. The van der Waals surface area contributed by atoms with Crippen molar-refractivity contribution in [3.8, 4) is 16.5 Å². The second-order valence-corrected chi connectivity index (χ2v) is 11.9. The molecule has 6 heteroatoms. The number of pyridine rings is 1. The summed E-state index contributed by atoms with van der Waals surface area (Å²) in [5.41, 5.74) is 4.81. The third-order valence-corrected chi connectivity index (χ3v) is 8.54. The van der Waals surface area contributed by atoms with E-state index >= 15 is 0 Å². The highest BCUT2D eigenvalue weighted by atomic mass is 32.2. The van der Waals surface area contributed by atoms with Crippen LogP contribution in [-0.4, -0.2) is 16.5 Å². The van der Waals surface area contributed by atoms with Crippen molar-refractivity contribution in [1.82, 2.24) is 4.98 Å². The molecule has 2 aromatic heterocycles. The van der Waals surface area contributed by atoms with Gasteiger partial charge in [-0.2, -0.15) is 5.26 Å². The van der Waals surface area contributed by atoms with E-state index in [0.29, 0.717) is 35.6 Å². The average Bonchev–Trinajstić information content (AvgIpc) is 3.34. The lowest BCUT2D eigenvalue weighted by Crippen LogP contribution is -2.28. The Hall–Kier alpha value is -2.49. The molecule has 176 valence electrons. The molecular weight excluding hydrogens is 463 g/mol. The number of Topliss-reactive ketones (excluding diaryl/α,β-unsaturated/α-hetero) is 1. The van der Waals surface area contributed by atoms with Gasteiger partial charge in [0.2, 0.25) is 0 Å². The highest BCUT2D eigenvalue weighted by Crippen LogP contribution is 2.43. The van der Waals surface area contributed by atoms with E-state index in [0.717, 1.165) is 40.4 Å². The van der Waals surface area contributed by atoms with Crippen LogP contribution in [0.3, 0.4) is 0 Å². The van der Waals surface area contributed by atoms with Crippen molar-refractivity contribution >= 4 is 28.9 Å². The van der Waals surface area contributed by atoms with Crippen LogP contribution in [0.2, 0.25) is 0 Å². The van der Waals surface area contributed by atoms with Crippen LogP contribution in [0.25, 0.3) is 10.4 Å². The molecule has 0 aliphatic heterocycles. The van der Waals surface area contributed by atoms with E-state index < -0.39 is 0 Å². The molecule has 0 radical (unpaired) electrons. The third-order valence-electron chi connectivity index (χ3n) is 6.59. The Morgan fingerprint density at radius 3 is 2.68 bits per heavy atom. The lowest BCUT2D eigenvalue weighted by atomic mass is 9.71. The quantitative estimate of drug-likeness (QED) is 0.192. The zero-order chi connectivity index (χ0) is 24.3. The number of nitriles is 1. The number of halogens is 1. The van der Waals surface area contributed by atoms with Gasteiger partial charge in [0, 0.05) is 28.1 Å². The predicted molar refractivity (Wildman–Crippen MR) is 138 cm³/mol. The van der Waals surface area contributed by atoms with Crippen LogP contribution in [-0.2, 0) is 12.8 Å². The van der Waals surface area contributed by atoms with Gasteiger partial charge in [0.15, 0.2) is 5.78 Å². The molecule has 0 unspecified atom stereocenters. The minimum Gasteiger partial charge on any atom is -0.294 e. The molecule has 34 heavy (non-hydrogen) atoms. The third kappa shape index (κ3) is 5.42. The maximum absolute atomic E-state index is 13.1. The molecule has 0 fully saturated rings. The number of rotatable bonds is 7. The number of aromatic nitrogens is 1. The summed E-state index contributed by atoms with van der Waals surface area (Å²) in [6.07, 6.45) is 4.04. The van der Waals surface area contributed by atoms with Crippen LogP contribution in [0.15, 0.2) is 46.8 Å². The zero-order valence-electron chi connectivity index (χ0n) is 19.9. The zero-order valence-corrected chi connectivity index (χ0v) is 21.5. The van der Waals surface area contributed by atoms with E-state index in [4.69, 9.17) is 4.98 Å². The predicted octanol–water partition coefficient (Wildman–Crippen LogP) is 7.73. The van der Waals surface area contributed by atoms with E-state index in [9.17, 15) is 14.4 Å². The number of hydrogen-bond donors (Lipinski definition) is 0. The van der Waals surface area contributed by atoms with Gasteiger partial charge in [0.25, 0.3) is 0 Å². The first-order valence-electron chi connectivity index (χ1n) is 11.7. The van der Waals surface area contributed by atoms with E-state index in [-0.39, 0.29) is 17.0 Å². The Bertz CT molecular complexity index is 1210. The van der Waals surface area contributed by atoms with Crippen LogP contribution in [0.1, 0.15) is 67.2 Å². The number of thiophene rings is 1. The Kier molecular flexibility index (Phi) is 7.54. The molecule has 1 aliphatic carbocycles. The number of thioether (sulfide) groups is 1. The summed E-state index contributed by atoms with van der Waals surface area (Å²) in [7, 11) is 0. The number of nitrogens with zero attached hydrogens (tertiary/aromatic N) is 2. The van der Waals surface area contributed by atoms with Crippen molar-refractivity contribution < 1.29 is 9.18 Å². The highest BCUT2D eigenvalue weighted by Gasteiger charge is 2.32. The lowest BCUT2D eigenvalue weighted by Gasteiger charge is -2.35. The van der Waals surface area contributed by atoms with Gasteiger partial charge in [-0.15, -0.1) is 23.1 Å². The van der Waals surface area contributed by atoms with Gasteiger partial charge in [0.1, 0.15) is 16.9 Å². The highest BCUT2D eigenvalue weighted by molar-refractivity contribution is 7.99. The molecule has 1 aliphatic rings. The summed E-state index contributed by atoms with van der Waals surface area (Å²) in [6.45, 7) is 6.88. The topological polar surface area (TPSA) is 53.8 Å². The maximum atomic E-state index is 13.1. The molecule has 4 rings (SSSR count). The van der Waals surface area contributed by atoms with E-state index in [2.05, 4.69) is 38.3 Å². The monoisotopic (exact) mass is 492 g/mol. The molecule has 2 heterocycles. The summed E-state index contributed by atoms with van der Waals surface area (Å²) in [4.78, 5) is 18.6. The minimum absolute atomic E-state index is 0.00630. The number of ketones is 1. The fourth-order valence-electron chi connectivity index (χ4n) is 4.56. The van der Waals surface area contributed by atoms with Crippen LogP contribution >= 0.6 is 23.1 Å². The van der Waals surface area contributed by atoms with Gasteiger partial charge in [-0.1, -0.05) is 26.8 Å². The normalized spacial score (nSPS) is 15.6. The molecule has 0 saturated heterocycles. The summed E-state index contributed by atoms with van der Waals surface area (Å²) in [5.74, 6) is 0.916. The van der Waals surface area contributed by atoms with E-state index in [1.165, 1.54) is 29.8 Å². The molecule has 0 amide bonds. The Morgan fingerprint density at radius 1 is 1.26 bits per heavy atom. The molecule has 0 saturated carbocycles. The van der Waals surface area contributed by atoms with Crippen molar-refractivity contribution in [2.75, 3.05) is 5.75 Å². The van der Waals surface area contributed by atoms with Crippen LogP contribution < -0.4 is 0 Å². The second kappa shape index (κ2) is 10.4. The molecular formula is C28H29FN2OS2. The number of carbonyl (C=O) groups excluding carboxylic acids is 1. The lowest BCUT2D eigenvalue weighted by molar-refractivity contribution is 0.0982. The van der Waals surface area contributed by atoms with Crippen molar-refractivity contribution in [2.24, 2.45) is 11.3 Å². The second-order valence-electron chi connectivity index (χ2n) is 9.87. The first-order chi connectivity index (χ1) is 16.3. The molecule has 0 spiro atoms. The van der Waals surface area contributed by atoms with Gasteiger partial charge in [-0.05, 0) is 84.0 Å². The Balaban J connectivity index is 1.56. The van der Waals surface area contributed by atoms with Crippen molar-refractivity contribution in [2.45, 2.75) is 57.9 Å². The molecule has 0 N–H and O–H groups in total. The fraction of sp³-hybridized carbons (Fsp3) is 0.393. The van der Waals surface area contributed by atoms with Gasteiger partial charge in [-0.25, -0.2) is 9.37 Å². The van der Waals surface area contributed by atoms with Crippen LogP contribution in [0, 0.1) is 28.5 Å². The number of fused-ring (bicyclic) bond motifs is 1. The summed E-state index contributed by atoms with van der Waals surface area (Å²) in [6, 6.07) is 12.3. The number of benzene rings is 1. The largest absolute Gasteiger partial charge is 0.294 e. The summed E-state index contributed by atoms with van der Waals surface area (Å²) < 4.78 is 13.1. The van der Waals surface area contributed by atoms with E-state index in [1.807, 2.05) is 6.07 Å². The van der Waals surface area contributed by atoms with Gasteiger partial charge < -0.3 is 0 Å². The molecule has 3 nitrogen and oxygen atoms in total. The smallest absolute Gasteiger partial charge is 0.162 e. The van der Waals surface area contributed by atoms with Gasteiger partial charge in [-0.3, -0.25) is 4.79 Å². The Morgan fingerprint density at radius 2 is 2.03 bits per heavy atom.